The van der Waals surface area contributed by atoms with Crippen molar-refractivity contribution in [3.63, 3.8) is 0 Å². The summed E-state index contributed by atoms with van der Waals surface area (Å²) in [5, 5.41) is 0. The van der Waals surface area contributed by atoms with E-state index < -0.39 is 23.4 Å². The van der Waals surface area contributed by atoms with Gasteiger partial charge in [0, 0.05) is 5.56 Å². The van der Waals surface area contributed by atoms with E-state index in [0.29, 0.717) is 5.56 Å². The van der Waals surface area contributed by atoms with Crippen LogP contribution in [0.1, 0.15) is 5.56 Å². The summed E-state index contributed by atoms with van der Waals surface area (Å²) in [4.78, 5) is 0. The van der Waals surface area contributed by atoms with Crippen LogP contribution in [0.5, 0.6) is 0 Å². The van der Waals surface area contributed by atoms with Crippen LogP contribution < -0.4 is 0 Å². The molecule has 0 heterocycles. The molecular formula is C15H9F5. The van der Waals surface area contributed by atoms with Gasteiger partial charge in [-0.15, -0.1) is 0 Å². The van der Waals surface area contributed by atoms with Crippen LogP contribution in [0.15, 0.2) is 60.4 Å². The van der Waals surface area contributed by atoms with E-state index in [1.165, 1.54) is 12.1 Å². The van der Waals surface area contributed by atoms with Crippen molar-refractivity contribution in [2.75, 3.05) is 0 Å². The van der Waals surface area contributed by atoms with Crippen molar-refractivity contribution >= 4 is 5.83 Å². The van der Waals surface area contributed by atoms with Crippen molar-refractivity contribution < 1.29 is 22.0 Å². The number of benzene rings is 2. The standard InChI is InChI=1S/C15H9F5/c16-13(14(17)15(18,19)20)12-8-6-11(7-9-12)10-4-2-1-3-5-10/h1-9H. The van der Waals surface area contributed by atoms with Gasteiger partial charge in [0.25, 0.3) is 0 Å². The van der Waals surface area contributed by atoms with Crippen molar-refractivity contribution in [1.29, 1.82) is 0 Å². The van der Waals surface area contributed by atoms with Crippen molar-refractivity contribution in [1.82, 2.24) is 0 Å². The van der Waals surface area contributed by atoms with Gasteiger partial charge in [-0.1, -0.05) is 54.6 Å². The van der Waals surface area contributed by atoms with Crippen molar-refractivity contribution in [2.45, 2.75) is 6.18 Å². The molecule has 0 aliphatic carbocycles. The van der Waals surface area contributed by atoms with E-state index in [9.17, 15) is 22.0 Å². The highest BCUT2D eigenvalue weighted by atomic mass is 19.4. The fraction of sp³-hybridized carbons (Fsp3) is 0.0667. The van der Waals surface area contributed by atoms with Gasteiger partial charge in [-0.05, 0) is 11.1 Å². The summed E-state index contributed by atoms with van der Waals surface area (Å²) in [5.41, 5.74) is 1.09. The van der Waals surface area contributed by atoms with Crippen molar-refractivity contribution in [3.8, 4) is 11.1 Å². The summed E-state index contributed by atoms with van der Waals surface area (Å²) in [7, 11) is 0. The molecule has 0 aromatic heterocycles. The van der Waals surface area contributed by atoms with E-state index in [4.69, 9.17) is 0 Å². The van der Waals surface area contributed by atoms with Crippen LogP contribution >= 0.6 is 0 Å². The van der Waals surface area contributed by atoms with E-state index in [0.717, 1.165) is 17.7 Å². The first-order chi connectivity index (χ1) is 9.39. The van der Waals surface area contributed by atoms with Crippen LogP contribution in [0.25, 0.3) is 17.0 Å². The molecule has 0 radical (unpaired) electrons. The second-order valence-corrected chi connectivity index (χ2v) is 4.07. The smallest absolute Gasteiger partial charge is 0.203 e. The first kappa shape index (κ1) is 14.2. The summed E-state index contributed by atoms with van der Waals surface area (Å²) in [6, 6.07) is 14.1. The minimum absolute atomic E-state index is 0.445. The van der Waals surface area contributed by atoms with Crippen LogP contribution in [0.3, 0.4) is 0 Å². The molecule has 0 saturated carbocycles. The number of hydrogen-bond acceptors (Lipinski definition) is 0. The first-order valence-corrected chi connectivity index (χ1v) is 5.68. The Morgan fingerprint density at radius 2 is 1.20 bits per heavy atom. The maximum Gasteiger partial charge on any atom is 0.445 e. The first-order valence-electron chi connectivity index (χ1n) is 5.68. The number of halogens is 5. The zero-order chi connectivity index (χ0) is 14.8. The van der Waals surface area contributed by atoms with Gasteiger partial charge in [0.15, 0.2) is 5.83 Å². The van der Waals surface area contributed by atoms with Gasteiger partial charge in [-0.3, -0.25) is 0 Å². The third-order valence-corrected chi connectivity index (χ3v) is 2.69. The SMILES string of the molecule is FC(=C(F)C(F)(F)F)c1ccc(-c2ccccc2)cc1. The molecule has 0 nitrogen and oxygen atoms in total. The Morgan fingerprint density at radius 3 is 1.70 bits per heavy atom. The Hall–Kier alpha value is -2.17. The molecule has 0 amide bonds. The lowest BCUT2D eigenvalue weighted by Gasteiger charge is -2.06. The maximum absolute atomic E-state index is 13.3. The molecule has 0 bridgehead atoms. The molecule has 2 rings (SSSR count). The Morgan fingerprint density at radius 1 is 0.700 bits per heavy atom. The Bertz CT molecular complexity index is 609. The lowest BCUT2D eigenvalue weighted by Crippen LogP contribution is -2.09. The maximum atomic E-state index is 13.3. The topological polar surface area (TPSA) is 0 Å². The van der Waals surface area contributed by atoms with E-state index in [1.807, 2.05) is 6.07 Å². The minimum Gasteiger partial charge on any atom is -0.203 e. The van der Waals surface area contributed by atoms with Crippen LogP contribution in [-0.4, -0.2) is 6.18 Å². The number of hydrogen-bond donors (Lipinski definition) is 0. The predicted octanol–water partition coefficient (Wildman–Crippen LogP) is 5.52. The van der Waals surface area contributed by atoms with Gasteiger partial charge >= 0.3 is 6.18 Å². The van der Waals surface area contributed by atoms with Crippen LogP contribution in [0.2, 0.25) is 0 Å². The number of alkyl halides is 3. The molecule has 20 heavy (non-hydrogen) atoms. The molecule has 0 aliphatic heterocycles. The van der Waals surface area contributed by atoms with E-state index in [-0.39, 0.29) is 0 Å². The molecule has 2 aromatic carbocycles. The highest BCUT2D eigenvalue weighted by molar-refractivity contribution is 5.68. The van der Waals surface area contributed by atoms with Crippen LogP contribution in [-0.2, 0) is 0 Å². The predicted molar refractivity (Wildman–Crippen MR) is 67.1 cm³/mol. The molecule has 0 aliphatic rings. The molecule has 2 aromatic rings. The Balaban J connectivity index is 2.34. The van der Waals surface area contributed by atoms with Gasteiger partial charge in [-0.25, -0.2) is 4.39 Å². The zero-order valence-electron chi connectivity index (χ0n) is 10.1. The molecule has 0 atom stereocenters. The monoisotopic (exact) mass is 284 g/mol. The Labute approximate surface area is 112 Å². The van der Waals surface area contributed by atoms with E-state index in [1.54, 1.807) is 24.3 Å². The second-order valence-electron chi connectivity index (χ2n) is 4.07. The largest absolute Gasteiger partial charge is 0.445 e. The van der Waals surface area contributed by atoms with Crippen LogP contribution in [0.4, 0.5) is 22.0 Å². The normalized spacial score (nSPS) is 13.1. The summed E-state index contributed by atoms with van der Waals surface area (Å²) in [6.07, 6.45) is -5.32. The van der Waals surface area contributed by atoms with Gasteiger partial charge < -0.3 is 0 Å². The van der Waals surface area contributed by atoms with Gasteiger partial charge in [-0.2, -0.15) is 17.6 Å². The summed E-state index contributed by atoms with van der Waals surface area (Å²) in [6.45, 7) is 0. The molecule has 0 unspecified atom stereocenters. The quantitative estimate of drug-likeness (QED) is 0.637. The summed E-state index contributed by atoms with van der Waals surface area (Å²) in [5.74, 6) is -4.62. The minimum atomic E-state index is -5.32. The van der Waals surface area contributed by atoms with E-state index in [2.05, 4.69) is 0 Å². The molecule has 0 fully saturated rings. The third-order valence-electron chi connectivity index (χ3n) is 2.69. The van der Waals surface area contributed by atoms with Crippen LogP contribution in [0, 0.1) is 0 Å². The highest BCUT2D eigenvalue weighted by Gasteiger charge is 2.38. The lowest BCUT2D eigenvalue weighted by atomic mass is 10.0. The van der Waals surface area contributed by atoms with Gasteiger partial charge in [0.2, 0.25) is 5.83 Å². The fourth-order valence-corrected chi connectivity index (χ4v) is 1.69. The molecule has 0 spiro atoms. The highest BCUT2D eigenvalue weighted by Crippen LogP contribution is 2.34. The molecule has 104 valence electrons. The fourth-order valence-electron chi connectivity index (χ4n) is 1.69. The zero-order valence-corrected chi connectivity index (χ0v) is 10.1. The molecule has 5 heteroatoms. The van der Waals surface area contributed by atoms with E-state index >= 15 is 0 Å². The lowest BCUT2D eigenvalue weighted by molar-refractivity contribution is -0.108. The third kappa shape index (κ3) is 3.04. The summed E-state index contributed by atoms with van der Waals surface area (Å²) >= 11 is 0. The summed E-state index contributed by atoms with van der Waals surface area (Å²) < 4.78 is 62.3. The molecule has 0 saturated heterocycles. The van der Waals surface area contributed by atoms with Crippen molar-refractivity contribution in [3.05, 3.63) is 66.0 Å². The molecule has 0 N–H and O–H groups in total. The second kappa shape index (κ2) is 5.45. The average Bonchev–Trinajstić information content (AvgIpc) is 2.46. The van der Waals surface area contributed by atoms with Gasteiger partial charge in [0.1, 0.15) is 0 Å². The Kier molecular flexibility index (Phi) is 3.88. The number of allylic oxidation sites excluding steroid dienone is 1. The van der Waals surface area contributed by atoms with Gasteiger partial charge in [0.05, 0.1) is 0 Å². The number of rotatable bonds is 2. The molecular weight excluding hydrogens is 275 g/mol. The average molecular weight is 284 g/mol. The van der Waals surface area contributed by atoms with Crippen molar-refractivity contribution in [2.24, 2.45) is 0 Å².